The molecule has 2 atom stereocenters. The molecule has 0 aromatic heterocycles. The fraction of sp³-hybridized carbons (Fsp3) is 1.00. The molecule has 2 N–H and O–H groups in total. The van der Waals surface area contributed by atoms with Crippen LogP contribution in [-0.2, 0) is 0 Å². The van der Waals surface area contributed by atoms with E-state index in [1.807, 2.05) is 0 Å². The highest BCUT2D eigenvalue weighted by atomic mass is 32.1. The predicted molar refractivity (Wildman–Crippen MR) is 54.1 cm³/mol. The summed E-state index contributed by atoms with van der Waals surface area (Å²) in [4.78, 5) is 0. The predicted octanol–water partition coefficient (Wildman–Crippen LogP) is 1.73. The van der Waals surface area contributed by atoms with Gasteiger partial charge in [0.05, 0.1) is 0 Å². The lowest BCUT2D eigenvalue weighted by molar-refractivity contribution is 0.483. The second kappa shape index (κ2) is 4.52. The van der Waals surface area contributed by atoms with Gasteiger partial charge in [0.25, 0.3) is 0 Å². The van der Waals surface area contributed by atoms with Gasteiger partial charge < -0.3 is 5.73 Å². The maximum atomic E-state index is 5.85. The Bertz CT molecular complexity index is 93.6. The first-order valence-electron chi connectivity index (χ1n) is 3.63. The molecule has 0 spiro atoms. The fourth-order valence-electron chi connectivity index (χ4n) is 0.712. The number of thiol groups is 2. The molecular formula is C7H17NS2. The number of rotatable bonds is 4. The summed E-state index contributed by atoms with van der Waals surface area (Å²) >= 11 is 8.57. The lowest BCUT2D eigenvalue weighted by atomic mass is 9.97. The van der Waals surface area contributed by atoms with Crippen LogP contribution in [0.15, 0.2) is 0 Å². The Morgan fingerprint density at radius 3 is 2.40 bits per heavy atom. The van der Waals surface area contributed by atoms with E-state index in [4.69, 9.17) is 5.73 Å². The highest BCUT2D eigenvalue weighted by Crippen LogP contribution is 2.23. The SMILES string of the molecule is CCC(C)(S)C(N)CCS. The Kier molecular flexibility index (Phi) is 4.82. The van der Waals surface area contributed by atoms with E-state index in [1.54, 1.807) is 0 Å². The van der Waals surface area contributed by atoms with Crippen LogP contribution in [0.4, 0.5) is 0 Å². The summed E-state index contributed by atoms with van der Waals surface area (Å²) < 4.78 is -0.0251. The van der Waals surface area contributed by atoms with E-state index in [1.165, 1.54) is 0 Å². The maximum Gasteiger partial charge on any atom is 0.0250 e. The van der Waals surface area contributed by atoms with Crippen LogP contribution in [0.1, 0.15) is 26.7 Å². The van der Waals surface area contributed by atoms with Gasteiger partial charge in [-0.25, -0.2) is 0 Å². The molecule has 3 heteroatoms. The second-order valence-electron chi connectivity index (χ2n) is 2.83. The van der Waals surface area contributed by atoms with Crippen LogP contribution in [0.3, 0.4) is 0 Å². The molecule has 0 aromatic rings. The van der Waals surface area contributed by atoms with E-state index in [0.29, 0.717) is 0 Å². The molecule has 0 saturated carbocycles. The molecule has 0 aliphatic rings. The summed E-state index contributed by atoms with van der Waals surface area (Å²) in [6, 6.07) is 0.165. The van der Waals surface area contributed by atoms with Crippen LogP contribution in [0.2, 0.25) is 0 Å². The quantitative estimate of drug-likeness (QED) is 0.563. The average Bonchev–Trinajstić information content (AvgIpc) is 1.89. The third-order valence-electron chi connectivity index (χ3n) is 1.95. The molecule has 0 aliphatic carbocycles. The highest BCUT2D eigenvalue weighted by molar-refractivity contribution is 7.81. The Balaban J connectivity index is 3.78. The standard InChI is InChI=1S/C7H17NS2/c1-3-7(2,10)6(8)4-5-9/h6,9-10H,3-5,8H2,1-2H3. The molecule has 0 radical (unpaired) electrons. The minimum absolute atomic E-state index is 0.0251. The fourth-order valence-corrected chi connectivity index (χ4v) is 1.12. The van der Waals surface area contributed by atoms with Gasteiger partial charge in [-0.15, -0.1) is 0 Å². The summed E-state index contributed by atoms with van der Waals surface area (Å²) in [5.41, 5.74) is 5.85. The van der Waals surface area contributed by atoms with Crippen LogP contribution in [0, 0.1) is 0 Å². The van der Waals surface area contributed by atoms with Gasteiger partial charge in [0.15, 0.2) is 0 Å². The molecular weight excluding hydrogens is 162 g/mol. The van der Waals surface area contributed by atoms with E-state index >= 15 is 0 Å². The topological polar surface area (TPSA) is 26.0 Å². The zero-order valence-electron chi connectivity index (χ0n) is 6.67. The molecule has 10 heavy (non-hydrogen) atoms. The normalized spacial score (nSPS) is 20.1. The van der Waals surface area contributed by atoms with Crippen molar-refractivity contribution in [1.82, 2.24) is 0 Å². The zero-order valence-corrected chi connectivity index (χ0v) is 8.46. The van der Waals surface area contributed by atoms with Gasteiger partial charge in [-0.3, -0.25) is 0 Å². The van der Waals surface area contributed by atoms with E-state index in [2.05, 4.69) is 39.1 Å². The summed E-state index contributed by atoms with van der Waals surface area (Å²) in [6.07, 6.45) is 1.95. The van der Waals surface area contributed by atoms with E-state index in [-0.39, 0.29) is 10.8 Å². The van der Waals surface area contributed by atoms with Crippen molar-refractivity contribution < 1.29 is 0 Å². The number of hydrogen-bond donors (Lipinski definition) is 3. The van der Waals surface area contributed by atoms with Crippen molar-refractivity contribution in [2.75, 3.05) is 5.75 Å². The number of hydrogen-bond acceptors (Lipinski definition) is 3. The molecule has 2 unspecified atom stereocenters. The first-order chi connectivity index (χ1) is 4.54. The van der Waals surface area contributed by atoms with Gasteiger partial charge in [-0.05, 0) is 25.5 Å². The first-order valence-corrected chi connectivity index (χ1v) is 4.71. The van der Waals surface area contributed by atoms with Gasteiger partial charge in [0.1, 0.15) is 0 Å². The summed E-state index contributed by atoms with van der Waals surface area (Å²) in [6.45, 7) is 4.18. The van der Waals surface area contributed by atoms with Gasteiger partial charge in [0.2, 0.25) is 0 Å². The van der Waals surface area contributed by atoms with Crippen molar-refractivity contribution in [2.24, 2.45) is 5.73 Å². The third kappa shape index (κ3) is 3.17. The summed E-state index contributed by atoms with van der Waals surface area (Å²) in [7, 11) is 0. The Hall–Kier alpha value is 0.660. The minimum Gasteiger partial charge on any atom is -0.326 e. The molecule has 62 valence electrons. The molecule has 0 amide bonds. The first kappa shape index (κ1) is 10.7. The highest BCUT2D eigenvalue weighted by Gasteiger charge is 2.24. The van der Waals surface area contributed by atoms with Crippen molar-refractivity contribution in [2.45, 2.75) is 37.5 Å². The van der Waals surface area contributed by atoms with E-state index < -0.39 is 0 Å². The van der Waals surface area contributed by atoms with Crippen molar-refractivity contribution in [3.05, 3.63) is 0 Å². The van der Waals surface area contributed by atoms with Crippen LogP contribution < -0.4 is 5.73 Å². The van der Waals surface area contributed by atoms with Crippen LogP contribution >= 0.6 is 25.3 Å². The van der Waals surface area contributed by atoms with Crippen LogP contribution in [-0.4, -0.2) is 16.5 Å². The molecule has 0 saturated heterocycles. The zero-order chi connectivity index (χ0) is 8.20. The Labute approximate surface area is 74.6 Å². The van der Waals surface area contributed by atoms with Crippen molar-refractivity contribution in [1.29, 1.82) is 0 Å². The lowest BCUT2D eigenvalue weighted by Crippen LogP contribution is -2.40. The maximum absolute atomic E-state index is 5.85. The summed E-state index contributed by atoms with van der Waals surface area (Å²) in [5.74, 6) is 0.845. The lowest BCUT2D eigenvalue weighted by Gasteiger charge is -2.28. The van der Waals surface area contributed by atoms with E-state index in [9.17, 15) is 0 Å². The Morgan fingerprint density at radius 1 is 1.60 bits per heavy atom. The molecule has 0 fully saturated rings. The number of nitrogens with two attached hydrogens (primary N) is 1. The Morgan fingerprint density at radius 2 is 2.10 bits per heavy atom. The van der Waals surface area contributed by atoms with Gasteiger partial charge in [-0.1, -0.05) is 6.92 Å². The van der Waals surface area contributed by atoms with Crippen molar-refractivity contribution in [3.63, 3.8) is 0 Å². The van der Waals surface area contributed by atoms with E-state index in [0.717, 1.165) is 18.6 Å². The molecule has 1 nitrogen and oxygen atoms in total. The average molecular weight is 179 g/mol. The molecule has 0 aromatic carbocycles. The molecule has 0 aliphatic heterocycles. The van der Waals surface area contributed by atoms with Crippen molar-refractivity contribution >= 4 is 25.3 Å². The van der Waals surface area contributed by atoms with Crippen molar-refractivity contribution in [3.8, 4) is 0 Å². The smallest absolute Gasteiger partial charge is 0.0250 e. The molecule has 0 rings (SSSR count). The summed E-state index contributed by atoms with van der Waals surface area (Å²) in [5, 5.41) is 0. The van der Waals surface area contributed by atoms with Crippen LogP contribution in [0.5, 0.6) is 0 Å². The third-order valence-corrected chi connectivity index (χ3v) is 2.86. The van der Waals surface area contributed by atoms with Gasteiger partial charge in [0, 0.05) is 10.8 Å². The van der Waals surface area contributed by atoms with Gasteiger partial charge in [-0.2, -0.15) is 25.3 Å². The minimum atomic E-state index is -0.0251. The largest absolute Gasteiger partial charge is 0.326 e. The van der Waals surface area contributed by atoms with Gasteiger partial charge >= 0.3 is 0 Å². The monoisotopic (exact) mass is 179 g/mol. The molecule has 0 bridgehead atoms. The van der Waals surface area contributed by atoms with Crippen LogP contribution in [0.25, 0.3) is 0 Å². The molecule has 0 heterocycles. The second-order valence-corrected chi connectivity index (χ2v) is 4.30.